The van der Waals surface area contributed by atoms with Crippen LogP contribution in [0.15, 0.2) is 36.5 Å². The van der Waals surface area contributed by atoms with Gasteiger partial charge in [-0.3, -0.25) is 9.78 Å². The first kappa shape index (κ1) is 13.0. The van der Waals surface area contributed by atoms with Crippen molar-refractivity contribution in [2.75, 3.05) is 0 Å². The van der Waals surface area contributed by atoms with Crippen molar-refractivity contribution in [1.29, 1.82) is 0 Å². The van der Waals surface area contributed by atoms with Crippen LogP contribution in [-0.4, -0.2) is 10.8 Å². The molecule has 1 aliphatic rings. The number of pyridine rings is 1. The summed E-state index contributed by atoms with van der Waals surface area (Å²) < 4.78 is 0. The Morgan fingerprint density at radius 2 is 1.85 bits per heavy atom. The maximum absolute atomic E-state index is 12.5. The second-order valence-corrected chi connectivity index (χ2v) is 5.76. The lowest BCUT2D eigenvalue weighted by Crippen LogP contribution is -2.10. The highest BCUT2D eigenvalue weighted by atomic mass is 16.1. The molecule has 0 atom stereocenters. The van der Waals surface area contributed by atoms with Crippen LogP contribution in [0.1, 0.15) is 57.9 Å². The molecule has 0 radical (unpaired) electrons. The van der Waals surface area contributed by atoms with Crippen LogP contribution < -0.4 is 0 Å². The van der Waals surface area contributed by atoms with E-state index in [9.17, 15) is 4.79 Å². The molecule has 3 rings (SSSR count). The minimum Gasteiger partial charge on any atom is -0.287 e. The summed E-state index contributed by atoms with van der Waals surface area (Å²) >= 11 is 0. The predicted molar refractivity (Wildman–Crippen MR) is 80.2 cm³/mol. The molecule has 0 bridgehead atoms. The van der Waals surface area contributed by atoms with E-state index in [0.717, 1.165) is 16.7 Å². The molecule has 0 unspecified atom stereocenters. The summed E-state index contributed by atoms with van der Waals surface area (Å²) in [5.41, 5.74) is 4.68. The lowest BCUT2D eigenvalue weighted by Gasteiger charge is -2.25. The molecule has 1 saturated carbocycles. The molecule has 1 fully saturated rings. The Balaban J connectivity index is 1.86. The van der Waals surface area contributed by atoms with Crippen LogP contribution in [0.4, 0.5) is 0 Å². The van der Waals surface area contributed by atoms with Crippen molar-refractivity contribution < 1.29 is 4.79 Å². The molecule has 2 nitrogen and oxygen atoms in total. The Morgan fingerprint density at radius 3 is 2.40 bits per heavy atom. The van der Waals surface area contributed by atoms with Gasteiger partial charge in [0.1, 0.15) is 5.69 Å². The summed E-state index contributed by atoms with van der Waals surface area (Å²) in [6, 6.07) is 10.1. The highest BCUT2D eigenvalue weighted by Gasteiger charge is 2.20. The van der Waals surface area contributed by atoms with Crippen molar-refractivity contribution in [3.05, 3.63) is 64.5 Å². The van der Waals surface area contributed by atoms with Crippen molar-refractivity contribution in [3.8, 4) is 0 Å². The van der Waals surface area contributed by atoms with Crippen molar-refractivity contribution in [1.82, 2.24) is 4.98 Å². The van der Waals surface area contributed by atoms with Gasteiger partial charge in [-0.1, -0.05) is 36.8 Å². The number of ketones is 1. The van der Waals surface area contributed by atoms with Crippen LogP contribution in [0.2, 0.25) is 0 Å². The number of carbonyl (C=O) groups is 1. The number of aromatic nitrogens is 1. The van der Waals surface area contributed by atoms with Crippen molar-refractivity contribution in [2.45, 2.75) is 39.0 Å². The number of hydrogen-bond donors (Lipinski definition) is 0. The van der Waals surface area contributed by atoms with E-state index in [2.05, 4.69) is 17.1 Å². The third-order valence-corrected chi connectivity index (χ3v) is 4.18. The zero-order chi connectivity index (χ0) is 14.1. The molecule has 1 aromatic heterocycles. The Hall–Kier alpha value is -1.96. The molecule has 1 aromatic carbocycles. The maximum Gasteiger partial charge on any atom is 0.211 e. The summed E-state index contributed by atoms with van der Waals surface area (Å²) in [7, 11) is 0. The molecule has 0 aliphatic heterocycles. The SMILES string of the molecule is Cc1cnc(C(=O)c2ccc(C3CCC3)cc2)c(C)c1. The third kappa shape index (κ3) is 2.38. The van der Waals surface area contributed by atoms with E-state index in [1.54, 1.807) is 6.20 Å². The first-order chi connectivity index (χ1) is 9.65. The Bertz CT molecular complexity index is 639. The fraction of sp³-hybridized carbons (Fsp3) is 0.333. The molecule has 1 heterocycles. The Kier molecular flexibility index (Phi) is 3.39. The smallest absolute Gasteiger partial charge is 0.211 e. The van der Waals surface area contributed by atoms with Crippen LogP contribution in [-0.2, 0) is 0 Å². The van der Waals surface area contributed by atoms with E-state index in [0.29, 0.717) is 11.6 Å². The summed E-state index contributed by atoms with van der Waals surface area (Å²) in [6.07, 6.45) is 5.65. The number of rotatable bonds is 3. The van der Waals surface area contributed by atoms with Crippen molar-refractivity contribution >= 4 is 5.78 Å². The average Bonchev–Trinajstić information content (AvgIpc) is 2.37. The molecule has 0 N–H and O–H groups in total. The number of aryl methyl sites for hydroxylation is 2. The number of benzene rings is 1. The van der Waals surface area contributed by atoms with E-state index >= 15 is 0 Å². The predicted octanol–water partition coefficient (Wildman–Crippen LogP) is 4.20. The van der Waals surface area contributed by atoms with Gasteiger partial charge in [-0.15, -0.1) is 0 Å². The van der Waals surface area contributed by atoms with Gasteiger partial charge in [0.15, 0.2) is 0 Å². The fourth-order valence-electron chi connectivity index (χ4n) is 2.74. The van der Waals surface area contributed by atoms with Crippen LogP contribution >= 0.6 is 0 Å². The minimum atomic E-state index is 0.0164. The van der Waals surface area contributed by atoms with Crippen LogP contribution in [0.5, 0.6) is 0 Å². The summed E-state index contributed by atoms with van der Waals surface area (Å²) in [4.78, 5) is 16.8. The van der Waals surface area contributed by atoms with Gasteiger partial charge in [0.25, 0.3) is 0 Å². The van der Waals surface area contributed by atoms with E-state index < -0.39 is 0 Å². The van der Waals surface area contributed by atoms with Gasteiger partial charge >= 0.3 is 0 Å². The molecular formula is C18H19NO. The van der Waals surface area contributed by atoms with Gasteiger partial charge in [0, 0.05) is 11.8 Å². The minimum absolute atomic E-state index is 0.0164. The normalized spacial score (nSPS) is 14.9. The number of carbonyl (C=O) groups excluding carboxylic acids is 1. The molecule has 1 aliphatic carbocycles. The van der Waals surface area contributed by atoms with E-state index in [-0.39, 0.29) is 5.78 Å². The summed E-state index contributed by atoms with van der Waals surface area (Å²) in [5.74, 6) is 0.723. The second kappa shape index (κ2) is 5.20. The summed E-state index contributed by atoms with van der Waals surface area (Å²) in [6.45, 7) is 3.93. The van der Waals surface area contributed by atoms with Gasteiger partial charge in [-0.05, 0) is 49.3 Å². The first-order valence-electron chi connectivity index (χ1n) is 7.23. The fourth-order valence-corrected chi connectivity index (χ4v) is 2.74. The van der Waals surface area contributed by atoms with E-state index in [1.165, 1.54) is 24.8 Å². The molecule has 20 heavy (non-hydrogen) atoms. The standard InChI is InChI=1S/C18H19NO/c1-12-10-13(2)17(19-11-12)18(20)16-8-6-15(7-9-16)14-4-3-5-14/h6-11,14H,3-5H2,1-2H3. The topological polar surface area (TPSA) is 30.0 Å². The zero-order valence-electron chi connectivity index (χ0n) is 12.0. The summed E-state index contributed by atoms with van der Waals surface area (Å²) in [5, 5.41) is 0. The van der Waals surface area contributed by atoms with Crippen molar-refractivity contribution in [3.63, 3.8) is 0 Å². The monoisotopic (exact) mass is 265 g/mol. The highest BCUT2D eigenvalue weighted by molar-refractivity contribution is 6.08. The Morgan fingerprint density at radius 1 is 1.15 bits per heavy atom. The first-order valence-corrected chi connectivity index (χ1v) is 7.23. The molecule has 2 heteroatoms. The van der Waals surface area contributed by atoms with Gasteiger partial charge in [-0.2, -0.15) is 0 Å². The lowest BCUT2D eigenvalue weighted by atomic mass is 9.80. The quantitative estimate of drug-likeness (QED) is 0.779. The largest absolute Gasteiger partial charge is 0.287 e. The highest BCUT2D eigenvalue weighted by Crippen LogP contribution is 2.36. The molecule has 0 spiro atoms. The van der Waals surface area contributed by atoms with Crippen LogP contribution in [0.25, 0.3) is 0 Å². The van der Waals surface area contributed by atoms with Gasteiger partial charge in [-0.25, -0.2) is 0 Å². The molecular weight excluding hydrogens is 246 g/mol. The van der Waals surface area contributed by atoms with Crippen LogP contribution in [0, 0.1) is 13.8 Å². The molecule has 0 amide bonds. The third-order valence-electron chi connectivity index (χ3n) is 4.18. The lowest BCUT2D eigenvalue weighted by molar-refractivity contribution is 0.103. The van der Waals surface area contributed by atoms with E-state index in [4.69, 9.17) is 0 Å². The Labute approximate surface area is 119 Å². The van der Waals surface area contributed by atoms with Gasteiger partial charge < -0.3 is 0 Å². The van der Waals surface area contributed by atoms with Crippen LogP contribution in [0.3, 0.4) is 0 Å². The van der Waals surface area contributed by atoms with E-state index in [1.807, 2.05) is 32.0 Å². The second-order valence-electron chi connectivity index (χ2n) is 5.76. The van der Waals surface area contributed by atoms with Gasteiger partial charge in [0.2, 0.25) is 5.78 Å². The van der Waals surface area contributed by atoms with Crippen molar-refractivity contribution in [2.24, 2.45) is 0 Å². The number of hydrogen-bond acceptors (Lipinski definition) is 2. The molecule has 102 valence electrons. The zero-order valence-corrected chi connectivity index (χ0v) is 12.0. The maximum atomic E-state index is 12.5. The number of nitrogens with zero attached hydrogens (tertiary/aromatic N) is 1. The molecule has 0 saturated heterocycles. The molecule has 2 aromatic rings. The average molecular weight is 265 g/mol. The van der Waals surface area contributed by atoms with Gasteiger partial charge in [0.05, 0.1) is 0 Å².